The first-order chi connectivity index (χ1) is 15.2. The van der Waals surface area contributed by atoms with E-state index >= 15 is 0 Å². The van der Waals surface area contributed by atoms with E-state index in [9.17, 15) is 8.60 Å². The summed E-state index contributed by atoms with van der Waals surface area (Å²) in [6.45, 7) is 8.45. The van der Waals surface area contributed by atoms with Crippen LogP contribution in [0.2, 0.25) is 0 Å². The average Bonchev–Trinajstić information content (AvgIpc) is 3.48. The van der Waals surface area contributed by atoms with Crippen LogP contribution in [-0.2, 0) is 27.7 Å². The maximum atomic E-state index is 14.8. The molecule has 170 valence electrons. The summed E-state index contributed by atoms with van der Waals surface area (Å²) < 4.78 is 32.8. The second kappa shape index (κ2) is 7.83. The van der Waals surface area contributed by atoms with Crippen LogP contribution < -0.4 is 5.32 Å². The van der Waals surface area contributed by atoms with Crippen LogP contribution in [0.1, 0.15) is 86.0 Å². The Bertz CT molecular complexity index is 1190. The average molecular weight is 457 g/mol. The molecule has 2 N–H and O–H groups in total. The van der Waals surface area contributed by atoms with Crippen molar-refractivity contribution in [3.8, 4) is 0 Å². The Labute approximate surface area is 189 Å². The second-order valence-electron chi connectivity index (χ2n) is 10.1. The molecule has 2 aliphatic rings. The van der Waals surface area contributed by atoms with E-state index in [1.54, 1.807) is 6.07 Å². The number of halogens is 1. The highest BCUT2D eigenvalue weighted by Crippen LogP contribution is 2.44. The first-order valence-electron chi connectivity index (χ1n) is 11.1. The summed E-state index contributed by atoms with van der Waals surface area (Å²) in [6.07, 6.45) is 2.99. The number of nitrogens with one attached hydrogen (secondary N) is 2. The molecule has 1 aliphatic heterocycles. The van der Waals surface area contributed by atoms with Gasteiger partial charge in [-0.2, -0.15) is 5.10 Å². The van der Waals surface area contributed by atoms with Crippen LogP contribution in [0.15, 0.2) is 22.6 Å². The number of rotatable bonds is 4. The molecule has 0 amide bonds. The van der Waals surface area contributed by atoms with E-state index in [4.69, 9.17) is 9.40 Å². The van der Waals surface area contributed by atoms with Gasteiger partial charge in [-0.05, 0) is 37.8 Å². The Morgan fingerprint density at radius 1 is 1.22 bits per heavy atom. The fourth-order valence-corrected chi connectivity index (χ4v) is 6.31. The summed E-state index contributed by atoms with van der Waals surface area (Å²) in [4.78, 5) is 4.72. The fourth-order valence-electron chi connectivity index (χ4n) is 4.96. The number of aromatic nitrogens is 3. The van der Waals surface area contributed by atoms with Crippen molar-refractivity contribution in [3.05, 3.63) is 58.2 Å². The minimum Gasteiger partial charge on any atom is -0.445 e. The quantitative estimate of drug-likeness (QED) is 0.526. The largest absolute Gasteiger partial charge is 0.445 e. The number of H-pyrrole nitrogens is 1. The van der Waals surface area contributed by atoms with Crippen molar-refractivity contribution in [2.75, 3.05) is 5.32 Å². The molecule has 0 saturated heterocycles. The third kappa shape index (κ3) is 3.89. The zero-order valence-electron chi connectivity index (χ0n) is 18.9. The molecule has 1 aromatic carbocycles. The number of aryl methyl sites for hydroxylation is 1. The third-order valence-corrected chi connectivity index (χ3v) is 7.78. The van der Waals surface area contributed by atoms with Gasteiger partial charge < -0.3 is 9.73 Å². The molecular formula is C24H29FN4O2S. The molecule has 0 spiro atoms. The lowest BCUT2D eigenvalue weighted by Gasteiger charge is -2.15. The molecule has 1 aliphatic carbocycles. The summed E-state index contributed by atoms with van der Waals surface area (Å²) in [6, 6.07) is 5.51. The molecule has 1 saturated carbocycles. The zero-order chi connectivity index (χ0) is 22.6. The first kappa shape index (κ1) is 21.4. The molecule has 3 atom stereocenters. The fraction of sp³-hybridized carbons (Fsp3) is 0.500. The van der Waals surface area contributed by atoms with Gasteiger partial charge in [-0.25, -0.2) is 9.37 Å². The van der Waals surface area contributed by atoms with Gasteiger partial charge in [0.15, 0.2) is 17.5 Å². The zero-order valence-corrected chi connectivity index (χ0v) is 19.7. The van der Waals surface area contributed by atoms with Gasteiger partial charge in [-0.1, -0.05) is 26.8 Å². The highest BCUT2D eigenvalue weighted by atomic mass is 32.2. The highest BCUT2D eigenvalue weighted by Gasteiger charge is 2.33. The monoisotopic (exact) mass is 456 g/mol. The van der Waals surface area contributed by atoms with Gasteiger partial charge in [0.25, 0.3) is 0 Å². The van der Waals surface area contributed by atoms with Crippen LogP contribution in [0.4, 0.5) is 15.9 Å². The van der Waals surface area contributed by atoms with E-state index in [2.05, 4.69) is 36.3 Å². The van der Waals surface area contributed by atoms with Crippen LogP contribution in [0.3, 0.4) is 0 Å². The van der Waals surface area contributed by atoms with Crippen molar-refractivity contribution in [1.29, 1.82) is 0 Å². The predicted molar refractivity (Wildman–Crippen MR) is 123 cm³/mol. The van der Waals surface area contributed by atoms with Crippen molar-refractivity contribution < 1.29 is 13.0 Å². The number of hydrogen-bond acceptors (Lipinski definition) is 5. The summed E-state index contributed by atoms with van der Waals surface area (Å²) >= 11 is 0. The van der Waals surface area contributed by atoms with E-state index in [0.717, 1.165) is 47.9 Å². The molecule has 32 heavy (non-hydrogen) atoms. The number of oxazole rings is 1. The molecule has 1 fully saturated rings. The Morgan fingerprint density at radius 3 is 2.75 bits per heavy atom. The summed E-state index contributed by atoms with van der Waals surface area (Å²) in [5.41, 5.74) is 3.72. The van der Waals surface area contributed by atoms with Crippen LogP contribution in [0.25, 0.3) is 0 Å². The van der Waals surface area contributed by atoms with E-state index in [1.165, 1.54) is 0 Å². The summed E-state index contributed by atoms with van der Waals surface area (Å²) in [7, 11) is -1.01. The molecule has 0 bridgehead atoms. The number of benzene rings is 1. The minimum atomic E-state index is -1.01. The Morgan fingerprint density at radius 2 is 2.00 bits per heavy atom. The van der Waals surface area contributed by atoms with Crippen LogP contribution >= 0.6 is 0 Å². The van der Waals surface area contributed by atoms with Gasteiger partial charge in [0.1, 0.15) is 5.76 Å². The van der Waals surface area contributed by atoms with E-state index in [1.807, 2.05) is 19.1 Å². The molecule has 6 nitrogen and oxygen atoms in total. The topological polar surface area (TPSA) is 83.8 Å². The second-order valence-corrected chi connectivity index (χ2v) is 11.5. The molecule has 5 rings (SSSR count). The van der Waals surface area contributed by atoms with Gasteiger partial charge in [0.2, 0.25) is 0 Å². The number of hydrogen-bond donors (Lipinski definition) is 2. The molecular weight excluding hydrogens is 427 g/mol. The normalized spacial score (nSPS) is 23.0. The molecule has 3 unspecified atom stereocenters. The van der Waals surface area contributed by atoms with E-state index in [0.29, 0.717) is 34.7 Å². The van der Waals surface area contributed by atoms with Crippen LogP contribution in [0, 0.1) is 12.7 Å². The maximum Gasteiger partial charge on any atom is 0.197 e. The van der Waals surface area contributed by atoms with Gasteiger partial charge in [0, 0.05) is 51.1 Å². The van der Waals surface area contributed by atoms with E-state index < -0.39 is 10.8 Å². The van der Waals surface area contributed by atoms with Crippen molar-refractivity contribution in [2.24, 2.45) is 0 Å². The smallest absolute Gasteiger partial charge is 0.197 e. The van der Waals surface area contributed by atoms with Gasteiger partial charge in [0.05, 0.1) is 17.1 Å². The molecule has 8 heteroatoms. The van der Waals surface area contributed by atoms with Gasteiger partial charge in [-0.3, -0.25) is 9.31 Å². The summed E-state index contributed by atoms with van der Waals surface area (Å²) in [5, 5.41) is 10.6. The van der Waals surface area contributed by atoms with E-state index in [-0.39, 0.29) is 17.0 Å². The molecule has 2 aromatic heterocycles. The lowest BCUT2D eigenvalue weighted by atomic mass is 9.92. The Balaban J connectivity index is 1.28. The third-order valence-electron chi connectivity index (χ3n) is 6.54. The highest BCUT2D eigenvalue weighted by molar-refractivity contribution is 7.83. The van der Waals surface area contributed by atoms with Crippen molar-refractivity contribution >= 4 is 22.3 Å². The SMILES string of the molecule is Cc1nc(C2CCC(c3cc(Nc4ccc5c(c4F)CS(=O)C5)n[nH]3)C2)oc1C(C)(C)C. The predicted octanol–water partition coefficient (Wildman–Crippen LogP) is 5.70. The molecule has 3 heterocycles. The number of aromatic amines is 1. The van der Waals surface area contributed by atoms with Crippen molar-refractivity contribution in [1.82, 2.24) is 15.2 Å². The van der Waals surface area contributed by atoms with Crippen molar-refractivity contribution in [2.45, 2.75) is 75.7 Å². The number of anilines is 2. The lowest BCUT2D eigenvalue weighted by Crippen LogP contribution is -2.11. The minimum absolute atomic E-state index is 0.0564. The molecule has 3 aromatic rings. The standard InChI is InChI=1S/C24H29FN4O2S/c1-13-22(24(2,3)4)31-23(26-13)15-6-5-14(9-15)19-10-20(29-28-19)27-18-8-7-16-11-32(30)12-17(16)21(18)25/h7-8,10,14-15H,5-6,9,11-12H2,1-4H3,(H2,27,28,29). The number of fused-ring (bicyclic) bond motifs is 1. The molecule has 0 radical (unpaired) electrons. The van der Waals surface area contributed by atoms with Crippen LogP contribution in [0.5, 0.6) is 0 Å². The lowest BCUT2D eigenvalue weighted by molar-refractivity contribution is 0.361. The Kier molecular flexibility index (Phi) is 5.23. The summed E-state index contributed by atoms with van der Waals surface area (Å²) in [5.74, 6) is 3.41. The van der Waals surface area contributed by atoms with Crippen molar-refractivity contribution in [3.63, 3.8) is 0 Å². The number of nitrogens with zero attached hydrogens (tertiary/aromatic N) is 2. The maximum absolute atomic E-state index is 14.8. The van der Waals surface area contributed by atoms with Gasteiger partial charge in [-0.15, -0.1) is 0 Å². The van der Waals surface area contributed by atoms with Crippen LogP contribution in [-0.4, -0.2) is 19.4 Å². The Hall–Kier alpha value is -2.48. The van der Waals surface area contributed by atoms with Gasteiger partial charge >= 0.3 is 0 Å². The first-order valence-corrected chi connectivity index (χ1v) is 12.6.